The van der Waals surface area contributed by atoms with E-state index in [1.807, 2.05) is 102 Å². The van der Waals surface area contributed by atoms with Gasteiger partial charge in [-0.1, -0.05) is 54.2 Å². The van der Waals surface area contributed by atoms with Crippen molar-refractivity contribution in [2.45, 2.75) is 31.1 Å². The number of carbonyl (C=O) groups is 2. The summed E-state index contributed by atoms with van der Waals surface area (Å²) in [5, 5.41) is 18.6. The fourth-order valence-electron chi connectivity index (χ4n) is 5.41. The van der Waals surface area contributed by atoms with Crippen molar-refractivity contribution >= 4 is 29.3 Å². The smallest absolute Gasteiger partial charge is 0.258 e. The monoisotopic (exact) mass is 676 g/mol. The number of carbonyl (C=O) groups excluding carboxylic acids is 2. The second kappa shape index (κ2) is 15.5. The van der Waals surface area contributed by atoms with Crippen LogP contribution in [0.3, 0.4) is 0 Å². The highest BCUT2D eigenvalue weighted by molar-refractivity contribution is 7.99. The number of methoxy groups -OCH3 is 2. The van der Waals surface area contributed by atoms with E-state index in [-0.39, 0.29) is 36.8 Å². The standard InChI is InChI=1S/C37H36N6O5S/c1-25-8-7-9-28(20-25)42-34(22-38-35(44)23-48-31-10-5-4-6-11-31)39-40-37(42)49-24-36(45)43-33(27-14-18-30(47-3)19-15-27)21-32(41-43)26-12-16-29(46-2)17-13-26/h4-20,33H,21-24H2,1-3H3,(H,38,44)/t33-/m0/s1. The number of ether oxygens (including phenoxy) is 3. The number of hydrogen-bond donors (Lipinski definition) is 1. The molecule has 2 amide bonds. The quantitative estimate of drug-likeness (QED) is 0.157. The summed E-state index contributed by atoms with van der Waals surface area (Å²) in [4.78, 5) is 26.6. The molecule has 6 rings (SSSR count). The molecule has 0 unspecified atom stereocenters. The van der Waals surface area contributed by atoms with Crippen molar-refractivity contribution in [3.05, 3.63) is 126 Å². The van der Waals surface area contributed by atoms with Gasteiger partial charge in [-0.3, -0.25) is 14.2 Å². The Labute approximate surface area is 288 Å². The molecule has 1 aromatic heterocycles. The normalized spacial score (nSPS) is 13.9. The van der Waals surface area contributed by atoms with E-state index in [4.69, 9.17) is 19.3 Å². The van der Waals surface area contributed by atoms with Crippen molar-refractivity contribution in [3.63, 3.8) is 0 Å². The first kappa shape index (κ1) is 33.3. The summed E-state index contributed by atoms with van der Waals surface area (Å²) in [5.41, 5.74) is 4.54. The van der Waals surface area contributed by atoms with Gasteiger partial charge in [-0.25, -0.2) is 5.01 Å². The number of para-hydroxylation sites is 1. The number of aromatic nitrogens is 3. The molecule has 0 saturated carbocycles. The largest absolute Gasteiger partial charge is 0.497 e. The highest BCUT2D eigenvalue weighted by atomic mass is 32.2. The first-order valence-electron chi connectivity index (χ1n) is 15.7. The van der Waals surface area contributed by atoms with Gasteiger partial charge in [0.15, 0.2) is 17.6 Å². The van der Waals surface area contributed by atoms with Crippen LogP contribution in [0.2, 0.25) is 0 Å². The summed E-state index contributed by atoms with van der Waals surface area (Å²) in [6.07, 6.45) is 0.548. The molecule has 4 aromatic carbocycles. The summed E-state index contributed by atoms with van der Waals surface area (Å²) in [5.74, 6) is 2.19. The van der Waals surface area contributed by atoms with Gasteiger partial charge < -0.3 is 19.5 Å². The van der Waals surface area contributed by atoms with Gasteiger partial charge in [-0.05, 0) is 84.3 Å². The number of hydrazone groups is 1. The molecule has 0 spiro atoms. The molecule has 0 saturated heterocycles. The van der Waals surface area contributed by atoms with Crippen molar-refractivity contribution in [2.75, 3.05) is 26.6 Å². The summed E-state index contributed by atoms with van der Waals surface area (Å²) < 4.78 is 18.1. The van der Waals surface area contributed by atoms with Crippen LogP contribution in [0.4, 0.5) is 0 Å². The molecule has 49 heavy (non-hydrogen) atoms. The molecule has 0 fully saturated rings. The molecule has 1 N–H and O–H groups in total. The highest BCUT2D eigenvalue weighted by Gasteiger charge is 2.33. The number of nitrogens with zero attached hydrogens (tertiary/aromatic N) is 5. The molecular weight excluding hydrogens is 641 g/mol. The maximum Gasteiger partial charge on any atom is 0.258 e. The van der Waals surface area contributed by atoms with Crippen LogP contribution in [0.1, 0.15) is 35.0 Å². The third kappa shape index (κ3) is 8.10. The van der Waals surface area contributed by atoms with Crippen LogP contribution in [0.5, 0.6) is 17.2 Å². The lowest BCUT2D eigenvalue weighted by Gasteiger charge is -2.22. The van der Waals surface area contributed by atoms with E-state index in [9.17, 15) is 9.59 Å². The van der Waals surface area contributed by atoms with Crippen LogP contribution in [0, 0.1) is 6.92 Å². The third-order valence-corrected chi connectivity index (χ3v) is 8.85. The number of hydrogen-bond acceptors (Lipinski definition) is 9. The second-order valence-corrected chi connectivity index (χ2v) is 12.2. The number of amides is 2. The number of nitrogens with one attached hydrogen (secondary N) is 1. The Morgan fingerprint density at radius 2 is 1.57 bits per heavy atom. The van der Waals surface area contributed by atoms with E-state index in [1.165, 1.54) is 11.8 Å². The van der Waals surface area contributed by atoms with Gasteiger partial charge >= 0.3 is 0 Å². The lowest BCUT2D eigenvalue weighted by atomic mass is 9.98. The van der Waals surface area contributed by atoms with Gasteiger partial charge in [-0.15, -0.1) is 10.2 Å². The molecule has 1 aliphatic heterocycles. The molecule has 2 heterocycles. The molecule has 0 bridgehead atoms. The van der Waals surface area contributed by atoms with Crippen LogP contribution in [0.25, 0.3) is 5.69 Å². The van der Waals surface area contributed by atoms with Crippen molar-refractivity contribution in [1.29, 1.82) is 0 Å². The van der Waals surface area contributed by atoms with E-state index in [2.05, 4.69) is 15.5 Å². The zero-order valence-electron chi connectivity index (χ0n) is 27.4. The topological polar surface area (TPSA) is 120 Å². The van der Waals surface area contributed by atoms with Crippen LogP contribution >= 0.6 is 11.8 Å². The Morgan fingerprint density at radius 3 is 2.27 bits per heavy atom. The summed E-state index contributed by atoms with van der Waals surface area (Å²) in [7, 11) is 3.25. The molecular formula is C37H36N6O5S. The molecule has 1 aliphatic rings. The average Bonchev–Trinajstić information content (AvgIpc) is 3.78. The Hall–Kier alpha value is -5.62. The van der Waals surface area contributed by atoms with Crippen molar-refractivity contribution in [3.8, 4) is 22.9 Å². The lowest BCUT2D eigenvalue weighted by Crippen LogP contribution is -2.29. The maximum atomic E-state index is 13.9. The Kier molecular flexibility index (Phi) is 10.5. The Bertz CT molecular complexity index is 1930. The number of benzene rings is 4. The van der Waals surface area contributed by atoms with Crippen molar-refractivity contribution in [1.82, 2.24) is 25.1 Å². The molecule has 0 aliphatic carbocycles. The maximum absolute atomic E-state index is 13.9. The van der Waals surface area contributed by atoms with Crippen molar-refractivity contribution in [2.24, 2.45) is 5.10 Å². The van der Waals surface area contributed by atoms with Crippen LogP contribution in [-0.2, 0) is 16.1 Å². The third-order valence-electron chi connectivity index (χ3n) is 7.93. The minimum absolute atomic E-state index is 0.0628. The minimum atomic E-state index is -0.297. The van der Waals surface area contributed by atoms with Crippen LogP contribution in [0.15, 0.2) is 113 Å². The van der Waals surface area contributed by atoms with E-state index in [1.54, 1.807) is 31.4 Å². The molecule has 250 valence electrons. The Morgan fingerprint density at radius 1 is 0.857 bits per heavy atom. The van der Waals surface area contributed by atoms with Crippen LogP contribution < -0.4 is 19.5 Å². The Balaban J connectivity index is 1.20. The number of thioether (sulfide) groups is 1. The van der Waals surface area contributed by atoms with Gasteiger partial charge in [0.1, 0.15) is 17.2 Å². The second-order valence-electron chi connectivity index (χ2n) is 11.2. The minimum Gasteiger partial charge on any atom is -0.497 e. The molecule has 12 heteroatoms. The molecule has 11 nitrogen and oxygen atoms in total. The van der Waals surface area contributed by atoms with Crippen molar-refractivity contribution < 1.29 is 23.8 Å². The van der Waals surface area contributed by atoms with E-state index >= 15 is 0 Å². The zero-order chi connectivity index (χ0) is 34.2. The number of aryl methyl sites for hydroxylation is 1. The number of rotatable bonds is 13. The predicted molar refractivity (Wildman–Crippen MR) is 187 cm³/mol. The first-order chi connectivity index (χ1) is 23.9. The predicted octanol–water partition coefficient (Wildman–Crippen LogP) is 5.76. The van der Waals surface area contributed by atoms with E-state index in [0.717, 1.165) is 39.6 Å². The van der Waals surface area contributed by atoms with Gasteiger partial charge in [0, 0.05) is 12.1 Å². The summed E-state index contributed by atoms with van der Waals surface area (Å²) in [6, 6.07) is 32.1. The zero-order valence-corrected chi connectivity index (χ0v) is 28.2. The van der Waals surface area contributed by atoms with E-state index < -0.39 is 0 Å². The fraction of sp³-hybridized carbons (Fsp3) is 0.216. The van der Waals surface area contributed by atoms with Gasteiger partial charge in [0.2, 0.25) is 0 Å². The van der Waals surface area contributed by atoms with Gasteiger partial charge in [0.25, 0.3) is 11.8 Å². The van der Waals surface area contributed by atoms with Gasteiger partial charge in [-0.2, -0.15) is 5.10 Å². The van der Waals surface area contributed by atoms with E-state index in [0.29, 0.717) is 23.2 Å². The highest BCUT2D eigenvalue weighted by Crippen LogP contribution is 2.35. The lowest BCUT2D eigenvalue weighted by molar-refractivity contribution is -0.130. The molecule has 5 aromatic rings. The van der Waals surface area contributed by atoms with Gasteiger partial charge in [0.05, 0.1) is 38.3 Å². The fourth-order valence-corrected chi connectivity index (χ4v) is 6.23. The molecule has 1 atom stereocenters. The first-order valence-corrected chi connectivity index (χ1v) is 16.7. The SMILES string of the molecule is COc1ccc(C2=NN(C(=O)CSc3nnc(CNC(=O)COc4ccccc4)n3-c3cccc(C)c3)[C@H](c3ccc(OC)cc3)C2)cc1. The summed E-state index contributed by atoms with van der Waals surface area (Å²) in [6.45, 7) is 1.98. The average molecular weight is 677 g/mol. The van der Waals surface area contributed by atoms with Crippen LogP contribution in [-0.4, -0.2) is 63.9 Å². The molecule has 0 radical (unpaired) electrons. The summed E-state index contributed by atoms with van der Waals surface area (Å²) >= 11 is 1.27.